The van der Waals surface area contributed by atoms with Gasteiger partial charge in [-0.05, 0) is 37.2 Å². The number of hydrogen-bond donors (Lipinski definition) is 1. The van der Waals surface area contributed by atoms with Gasteiger partial charge in [-0.25, -0.2) is 9.86 Å². The maximum absolute atomic E-state index is 12.7. The van der Waals surface area contributed by atoms with Crippen molar-refractivity contribution in [2.24, 2.45) is 5.92 Å². The average Bonchev–Trinajstić information content (AvgIpc) is 3.19. The number of carbonyl (C=O) groups excluding carboxylic acids is 1. The Kier molecular flexibility index (Phi) is 4.31. The SMILES string of the molecule is CON1C[C@@H](C)[C@@H](N(C(=O)O)c2ccc3c(c2)[C@]2(C)CCN(C)C2N3C)C1=O. The smallest absolute Gasteiger partial charge is 0.412 e. The van der Waals surface area contributed by atoms with Gasteiger partial charge in [0.1, 0.15) is 6.04 Å². The number of fused-ring (bicyclic) bond motifs is 3. The molecule has 3 heterocycles. The van der Waals surface area contributed by atoms with Crippen LogP contribution < -0.4 is 9.80 Å². The second-order valence-corrected chi connectivity index (χ2v) is 8.49. The molecule has 0 saturated carbocycles. The van der Waals surface area contributed by atoms with Crippen LogP contribution in [-0.2, 0) is 15.0 Å². The molecule has 1 aromatic rings. The molecule has 0 radical (unpaired) electrons. The molecule has 8 heteroatoms. The summed E-state index contributed by atoms with van der Waals surface area (Å²) in [6.07, 6.45) is 0.143. The lowest BCUT2D eigenvalue weighted by Gasteiger charge is -2.32. The molecular weight excluding hydrogens is 360 g/mol. The van der Waals surface area contributed by atoms with Crippen LogP contribution in [-0.4, -0.2) is 73.6 Å². The van der Waals surface area contributed by atoms with Gasteiger partial charge in [0, 0.05) is 36.3 Å². The lowest BCUT2D eigenvalue weighted by atomic mass is 9.81. The molecule has 4 rings (SSSR count). The molecule has 1 unspecified atom stereocenters. The van der Waals surface area contributed by atoms with E-state index in [9.17, 15) is 14.7 Å². The molecule has 0 aliphatic carbocycles. The fourth-order valence-electron chi connectivity index (χ4n) is 5.48. The average molecular weight is 388 g/mol. The summed E-state index contributed by atoms with van der Waals surface area (Å²) >= 11 is 0. The van der Waals surface area contributed by atoms with Crippen LogP contribution in [0.3, 0.4) is 0 Å². The highest BCUT2D eigenvalue weighted by Gasteiger charge is 2.53. The molecule has 8 nitrogen and oxygen atoms in total. The standard InChI is InChI=1S/C20H28N4O4/c1-12-11-23(28-5)17(25)16(12)24(19(26)27)13-6-7-15-14(10-13)20(2)8-9-21(3)18(20)22(15)4/h6-7,10,12,16,18H,8-9,11H2,1-5H3,(H,26,27)/t12-,16-,18?,20+/m1/s1. The number of likely N-dealkylation sites (N-methyl/N-ethyl adjacent to an activating group) is 2. The first-order valence-electron chi connectivity index (χ1n) is 9.66. The number of benzene rings is 1. The fraction of sp³-hybridized carbons (Fsp3) is 0.600. The van der Waals surface area contributed by atoms with Crippen LogP contribution in [0.25, 0.3) is 0 Å². The van der Waals surface area contributed by atoms with E-state index >= 15 is 0 Å². The molecule has 3 aliphatic heterocycles. The zero-order valence-corrected chi connectivity index (χ0v) is 17.0. The second kappa shape index (κ2) is 6.35. The number of likely N-dealkylation sites (tertiary alicyclic amines) is 1. The quantitative estimate of drug-likeness (QED) is 0.853. The molecule has 152 valence electrons. The van der Waals surface area contributed by atoms with Gasteiger partial charge in [0.15, 0.2) is 0 Å². The van der Waals surface area contributed by atoms with Crippen molar-refractivity contribution in [1.29, 1.82) is 0 Å². The monoisotopic (exact) mass is 388 g/mol. The van der Waals surface area contributed by atoms with E-state index in [2.05, 4.69) is 30.8 Å². The van der Waals surface area contributed by atoms with Crippen molar-refractivity contribution in [2.45, 2.75) is 37.9 Å². The Morgan fingerprint density at radius 1 is 1.36 bits per heavy atom. The van der Waals surface area contributed by atoms with E-state index in [0.717, 1.165) is 24.2 Å². The first-order chi connectivity index (χ1) is 13.2. The Hall–Kier alpha value is -2.32. The third-order valence-electron chi connectivity index (χ3n) is 6.79. The Morgan fingerprint density at radius 3 is 2.68 bits per heavy atom. The van der Waals surface area contributed by atoms with E-state index in [4.69, 9.17) is 4.84 Å². The number of hydroxylamine groups is 2. The van der Waals surface area contributed by atoms with Crippen LogP contribution in [0.1, 0.15) is 25.8 Å². The second-order valence-electron chi connectivity index (χ2n) is 8.49. The largest absolute Gasteiger partial charge is 0.465 e. The maximum Gasteiger partial charge on any atom is 0.412 e. The Bertz CT molecular complexity index is 830. The molecule has 1 N–H and O–H groups in total. The molecular formula is C20H28N4O4. The lowest BCUT2D eigenvalue weighted by molar-refractivity contribution is -0.168. The van der Waals surface area contributed by atoms with Crippen molar-refractivity contribution in [3.8, 4) is 0 Å². The number of anilines is 2. The summed E-state index contributed by atoms with van der Waals surface area (Å²) in [4.78, 5) is 35.9. The number of carbonyl (C=O) groups is 2. The van der Waals surface area contributed by atoms with Crippen LogP contribution in [0.2, 0.25) is 0 Å². The minimum absolute atomic E-state index is 0.0666. The van der Waals surface area contributed by atoms with Gasteiger partial charge >= 0.3 is 6.09 Å². The number of hydrogen-bond acceptors (Lipinski definition) is 5. The molecule has 0 aromatic heterocycles. The van der Waals surface area contributed by atoms with Crippen molar-refractivity contribution < 1.29 is 19.5 Å². The zero-order chi connectivity index (χ0) is 20.4. The van der Waals surface area contributed by atoms with Crippen molar-refractivity contribution in [2.75, 3.05) is 44.1 Å². The summed E-state index contributed by atoms with van der Waals surface area (Å²) in [6.45, 7) is 5.50. The van der Waals surface area contributed by atoms with Crippen molar-refractivity contribution >= 4 is 23.4 Å². The topological polar surface area (TPSA) is 76.6 Å². The van der Waals surface area contributed by atoms with E-state index in [1.807, 2.05) is 25.1 Å². The molecule has 2 fully saturated rings. The molecule has 28 heavy (non-hydrogen) atoms. The minimum atomic E-state index is -1.13. The van der Waals surface area contributed by atoms with Gasteiger partial charge in [-0.1, -0.05) is 13.8 Å². The van der Waals surface area contributed by atoms with E-state index in [1.165, 1.54) is 17.1 Å². The van der Waals surface area contributed by atoms with Crippen molar-refractivity contribution in [1.82, 2.24) is 9.96 Å². The molecule has 2 saturated heterocycles. The van der Waals surface area contributed by atoms with Gasteiger partial charge in [-0.15, -0.1) is 0 Å². The summed E-state index contributed by atoms with van der Waals surface area (Å²) in [7, 11) is 5.64. The molecule has 0 bridgehead atoms. The number of rotatable bonds is 3. The van der Waals surface area contributed by atoms with E-state index in [0.29, 0.717) is 12.2 Å². The molecule has 2 amide bonds. The van der Waals surface area contributed by atoms with Gasteiger partial charge in [-0.3, -0.25) is 19.4 Å². The molecule has 0 spiro atoms. The van der Waals surface area contributed by atoms with Gasteiger partial charge in [0.05, 0.1) is 19.8 Å². The predicted molar refractivity (Wildman–Crippen MR) is 105 cm³/mol. The summed E-state index contributed by atoms with van der Waals surface area (Å²) in [6, 6.07) is 4.97. The molecule has 3 aliphatic rings. The highest BCUT2D eigenvalue weighted by atomic mass is 16.7. The third-order valence-corrected chi connectivity index (χ3v) is 6.79. The van der Waals surface area contributed by atoms with Crippen molar-refractivity contribution in [3.63, 3.8) is 0 Å². The fourth-order valence-corrected chi connectivity index (χ4v) is 5.48. The summed E-state index contributed by atoms with van der Waals surface area (Å²) in [5.41, 5.74) is 2.74. The van der Waals surface area contributed by atoms with Gasteiger partial charge in [0.25, 0.3) is 5.91 Å². The highest BCUT2D eigenvalue weighted by molar-refractivity contribution is 5.98. The van der Waals surface area contributed by atoms with Gasteiger partial charge in [0.2, 0.25) is 0 Å². The Labute approximate surface area is 165 Å². The first-order valence-corrected chi connectivity index (χ1v) is 9.66. The summed E-state index contributed by atoms with van der Waals surface area (Å²) < 4.78 is 0. The number of amides is 2. The maximum atomic E-state index is 12.7. The lowest BCUT2D eigenvalue weighted by Crippen LogP contribution is -2.47. The van der Waals surface area contributed by atoms with Crippen LogP contribution in [0.5, 0.6) is 0 Å². The van der Waals surface area contributed by atoms with E-state index in [1.54, 1.807) is 0 Å². The Morgan fingerprint density at radius 2 is 2.07 bits per heavy atom. The summed E-state index contributed by atoms with van der Waals surface area (Å²) in [5.74, 6) is -0.486. The van der Waals surface area contributed by atoms with Crippen LogP contribution in [0.15, 0.2) is 18.2 Å². The zero-order valence-electron chi connectivity index (χ0n) is 17.0. The van der Waals surface area contributed by atoms with Gasteiger partial charge < -0.3 is 10.0 Å². The van der Waals surface area contributed by atoms with Gasteiger partial charge in [-0.2, -0.15) is 0 Å². The first kappa shape index (κ1) is 19.0. The Balaban J connectivity index is 1.77. The van der Waals surface area contributed by atoms with E-state index < -0.39 is 12.1 Å². The van der Waals surface area contributed by atoms with Crippen molar-refractivity contribution in [3.05, 3.63) is 23.8 Å². The predicted octanol–water partition coefficient (Wildman–Crippen LogP) is 1.95. The van der Waals surface area contributed by atoms with E-state index in [-0.39, 0.29) is 23.4 Å². The minimum Gasteiger partial charge on any atom is -0.465 e. The van der Waals surface area contributed by atoms with Crippen LogP contribution in [0.4, 0.5) is 16.2 Å². The number of carboxylic acid groups (broad SMARTS) is 1. The third kappa shape index (κ3) is 2.44. The highest BCUT2D eigenvalue weighted by Crippen LogP contribution is 2.52. The van der Waals surface area contributed by atoms with Crippen LogP contribution >= 0.6 is 0 Å². The molecule has 4 atom stereocenters. The van der Waals surface area contributed by atoms with Crippen LogP contribution in [0, 0.1) is 5.92 Å². The normalized spacial score (nSPS) is 32.0. The summed E-state index contributed by atoms with van der Waals surface area (Å²) in [5, 5.41) is 11.2. The molecule has 1 aromatic carbocycles. The number of nitrogens with zero attached hydrogens (tertiary/aromatic N) is 4.